The van der Waals surface area contributed by atoms with Gasteiger partial charge >= 0.3 is 5.97 Å². The van der Waals surface area contributed by atoms with Crippen molar-refractivity contribution in [3.8, 4) is 0 Å². The van der Waals surface area contributed by atoms with Crippen LogP contribution < -0.4 is 5.73 Å². The van der Waals surface area contributed by atoms with Crippen molar-refractivity contribution in [2.75, 3.05) is 5.73 Å². The van der Waals surface area contributed by atoms with Gasteiger partial charge in [-0.05, 0) is 47.5 Å². The number of nitrogen functional groups attached to an aromatic ring is 1. The van der Waals surface area contributed by atoms with Crippen LogP contribution in [0.3, 0.4) is 0 Å². The summed E-state index contributed by atoms with van der Waals surface area (Å²) in [5.41, 5.74) is 7.78. The Hall–Kier alpha value is -1.45. The van der Waals surface area contributed by atoms with Crippen LogP contribution in [0.25, 0.3) is 0 Å². The third-order valence-electron chi connectivity index (χ3n) is 6.40. The maximum atomic E-state index is 13.3. The lowest BCUT2D eigenvalue weighted by Gasteiger charge is -2.50. The molecule has 2 unspecified atom stereocenters. The molecule has 0 bridgehead atoms. The van der Waals surface area contributed by atoms with Crippen LogP contribution in [-0.4, -0.2) is 17.1 Å². The van der Waals surface area contributed by atoms with Crippen LogP contribution in [-0.2, 0) is 11.2 Å². The normalized spacial score (nSPS) is 26.5. The quantitative estimate of drug-likeness (QED) is 0.613. The summed E-state index contributed by atoms with van der Waals surface area (Å²) >= 11 is 0. The topological polar surface area (TPSA) is 68.1 Å². The summed E-state index contributed by atoms with van der Waals surface area (Å²) in [4.78, 5) is 16.3. The van der Waals surface area contributed by atoms with Crippen molar-refractivity contribution >= 4 is 11.8 Å². The van der Waals surface area contributed by atoms with Crippen molar-refractivity contribution in [1.82, 2.24) is 4.98 Å². The Labute approximate surface area is 172 Å². The smallest absolute Gasteiger partial charge is 0.342 e. The molecule has 0 aliphatic heterocycles. The third kappa shape index (κ3) is 5.12. The number of nitrogens with one attached hydrogen (secondary N) is 1. The summed E-state index contributed by atoms with van der Waals surface area (Å²) in [6, 6.07) is 0. The standard InChI is InChI=1S/C24H42N2O2/c1-14(2)10-16-13-26-21(25)19(16)22(27)28-20-17(23(4,5)6)11-15(3)12-18(20)24(7,8)9/h13-15,17-18,20,26H,10-12,25H2,1-9H3. The molecule has 1 heterocycles. The second-order valence-electron chi connectivity index (χ2n) is 11.6. The third-order valence-corrected chi connectivity index (χ3v) is 6.40. The number of aromatic amines is 1. The number of aromatic nitrogens is 1. The molecule has 28 heavy (non-hydrogen) atoms. The van der Waals surface area contributed by atoms with Crippen LogP contribution in [0.5, 0.6) is 0 Å². The van der Waals surface area contributed by atoms with Gasteiger partial charge in [0, 0.05) is 18.0 Å². The van der Waals surface area contributed by atoms with E-state index in [1.165, 1.54) is 0 Å². The summed E-state index contributed by atoms with van der Waals surface area (Å²) < 4.78 is 6.33. The number of hydrogen-bond donors (Lipinski definition) is 2. The molecule has 160 valence electrons. The first-order chi connectivity index (χ1) is 12.7. The number of esters is 1. The minimum atomic E-state index is -0.266. The molecule has 1 aliphatic carbocycles. The summed E-state index contributed by atoms with van der Waals surface area (Å²) in [7, 11) is 0. The van der Waals surface area contributed by atoms with Crippen LogP contribution in [0.15, 0.2) is 6.20 Å². The van der Waals surface area contributed by atoms with Gasteiger partial charge in [0.2, 0.25) is 0 Å². The van der Waals surface area contributed by atoms with E-state index in [4.69, 9.17) is 10.5 Å². The lowest BCUT2D eigenvalue weighted by molar-refractivity contribution is -0.0923. The Bertz CT molecular complexity index is 652. The number of carbonyl (C=O) groups excluding carboxylic acids is 1. The van der Waals surface area contributed by atoms with E-state index in [2.05, 4.69) is 67.3 Å². The highest BCUT2D eigenvalue weighted by molar-refractivity contribution is 5.96. The monoisotopic (exact) mass is 390 g/mol. The van der Waals surface area contributed by atoms with E-state index in [0.717, 1.165) is 24.8 Å². The van der Waals surface area contributed by atoms with Gasteiger partial charge in [0.15, 0.2) is 0 Å². The molecule has 4 nitrogen and oxygen atoms in total. The van der Waals surface area contributed by atoms with Crippen molar-refractivity contribution < 1.29 is 9.53 Å². The highest BCUT2D eigenvalue weighted by Crippen LogP contribution is 2.49. The number of rotatable bonds is 4. The molecule has 3 N–H and O–H groups in total. The summed E-state index contributed by atoms with van der Waals surface area (Å²) in [5.74, 6) is 1.90. The zero-order valence-corrected chi connectivity index (χ0v) is 19.5. The van der Waals surface area contributed by atoms with Crippen molar-refractivity contribution in [1.29, 1.82) is 0 Å². The molecule has 1 saturated carbocycles. The first-order valence-corrected chi connectivity index (χ1v) is 10.9. The van der Waals surface area contributed by atoms with Gasteiger partial charge in [-0.1, -0.05) is 62.3 Å². The van der Waals surface area contributed by atoms with Crippen LogP contribution in [0.1, 0.15) is 91.1 Å². The maximum absolute atomic E-state index is 13.3. The summed E-state index contributed by atoms with van der Waals surface area (Å²) in [5, 5.41) is 0. The molecule has 0 aromatic carbocycles. The zero-order valence-electron chi connectivity index (χ0n) is 19.5. The van der Waals surface area contributed by atoms with Crippen LogP contribution in [0, 0.1) is 34.5 Å². The molecular formula is C24H42N2O2. The largest absolute Gasteiger partial charge is 0.458 e. The number of ether oxygens (including phenoxy) is 1. The Balaban J connectivity index is 2.38. The Morgan fingerprint density at radius 3 is 2.07 bits per heavy atom. The molecule has 1 aliphatic rings. The van der Waals surface area contributed by atoms with Crippen molar-refractivity contribution in [3.63, 3.8) is 0 Å². The first kappa shape index (κ1) is 22.8. The number of hydrogen-bond acceptors (Lipinski definition) is 3. The Kier molecular flexibility index (Phi) is 6.62. The van der Waals surface area contributed by atoms with E-state index in [1.54, 1.807) is 0 Å². The summed E-state index contributed by atoms with van der Waals surface area (Å²) in [6.07, 6.45) is 4.76. The van der Waals surface area contributed by atoms with E-state index in [-0.39, 0.29) is 22.9 Å². The first-order valence-electron chi connectivity index (χ1n) is 10.9. The van der Waals surface area contributed by atoms with Gasteiger partial charge in [0.05, 0.1) is 0 Å². The van der Waals surface area contributed by atoms with E-state index in [1.807, 2.05) is 6.20 Å². The van der Waals surface area contributed by atoms with Gasteiger partial charge in [-0.3, -0.25) is 0 Å². The van der Waals surface area contributed by atoms with Crippen molar-refractivity contribution in [3.05, 3.63) is 17.3 Å². The zero-order chi connectivity index (χ0) is 21.4. The molecule has 2 atom stereocenters. The van der Waals surface area contributed by atoms with E-state index < -0.39 is 0 Å². The average molecular weight is 391 g/mol. The van der Waals surface area contributed by atoms with Gasteiger partial charge in [-0.25, -0.2) is 4.79 Å². The minimum Gasteiger partial charge on any atom is -0.458 e. The van der Waals surface area contributed by atoms with E-state index >= 15 is 0 Å². The van der Waals surface area contributed by atoms with Crippen LogP contribution in [0.2, 0.25) is 0 Å². The molecule has 0 saturated heterocycles. The van der Waals surface area contributed by atoms with Crippen molar-refractivity contribution in [2.45, 2.75) is 87.7 Å². The molecular weight excluding hydrogens is 348 g/mol. The fourth-order valence-electron chi connectivity index (χ4n) is 4.88. The molecule has 0 radical (unpaired) electrons. The molecule has 2 rings (SSSR count). The van der Waals surface area contributed by atoms with Gasteiger partial charge < -0.3 is 15.5 Å². The highest BCUT2D eigenvalue weighted by atomic mass is 16.5. The van der Waals surface area contributed by atoms with E-state index in [0.29, 0.717) is 35.1 Å². The second-order valence-corrected chi connectivity index (χ2v) is 11.6. The van der Waals surface area contributed by atoms with Crippen LogP contribution in [0.4, 0.5) is 5.82 Å². The Morgan fingerprint density at radius 2 is 1.64 bits per heavy atom. The van der Waals surface area contributed by atoms with Gasteiger partial charge in [-0.2, -0.15) is 0 Å². The van der Waals surface area contributed by atoms with Gasteiger partial charge in [0.1, 0.15) is 17.5 Å². The number of carbonyl (C=O) groups is 1. The fraction of sp³-hybridized carbons (Fsp3) is 0.792. The predicted octanol–water partition coefficient (Wildman–Crippen LogP) is 6.08. The highest BCUT2D eigenvalue weighted by Gasteiger charge is 2.48. The number of H-pyrrole nitrogens is 1. The van der Waals surface area contributed by atoms with Gasteiger partial charge in [-0.15, -0.1) is 0 Å². The minimum absolute atomic E-state index is 0.0770. The SMILES string of the molecule is CC(C)Cc1c[nH]c(N)c1C(=O)OC1C(C(C)(C)C)CC(C)CC1C(C)(C)C. The molecule has 1 aromatic rings. The molecule has 0 spiro atoms. The maximum Gasteiger partial charge on any atom is 0.342 e. The van der Waals surface area contributed by atoms with Gasteiger partial charge in [0.25, 0.3) is 0 Å². The molecule has 4 heteroatoms. The average Bonchev–Trinajstić information content (AvgIpc) is 2.86. The molecule has 1 aromatic heterocycles. The summed E-state index contributed by atoms with van der Waals surface area (Å²) in [6.45, 7) is 20.2. The van der Waals surface area contributed by atoms with Crippen molar-refractivity contribution in [2.24, 2.45) is 34.5 Å². The number of nitrogens with two attached hydrogens (primary N) is 1. The lowest BCUT2D eigenvalue weighted by atomic mass is 9.59. The predicted molar refractivity (Wildman–Crippen MR) is 117 cm³/mol. The fourth-order valence-corrected chi connectivity index (χ4v) is 4.88. The lowest BCUT2D eigenvalue weighted by Crippen LogP contribution is -2.49. The Morgan fingerprint density at radius 1 is 1.14 bits per heavy atom. The van der Waals surface area contributed by atoms with E-state index in [9.17, 15) is 4.79 Å². The number of anilines is 1. The molecule has 0 amide bonds. The molecule has 1 fully saturated rings. The second kappa shape index (κ2) is 8.12. The van der Waals surface area contributed by atoms with Crippen LogP contribution >= 0.6 is 0 Å².